The molecule has 0 saturated heterocycles. The maximum absolute atomic E-state index is 12.8. The molecule has 7 nitrogen and oxygen atoms in total. The van der Waals surface area contributed by atoms with Gasteiger partial charge in [0.2, 0.25) is 5.89 Å². The van der Waals surface area contributed by atoms with Crippen LogP contribution in [0.2, 0.25) is 0 Å². The molecule has 7 heteroatoms. The number of hydrogen-bond donors (Lipinski definition) is 0. The van der Waals surface area contributed by atoms with Crippen LogP contribution >= 0.6 is 0 Å². The van der Waals surface area contributed by atoms with E-state index in [0.717, 1.165) is 11.1 Å². The van der Waals surface area contributed by atoms with Crippen molar-refractivity contribution in [2.75, 3.05) is 0 Å². The Bertz CT molecular complexity index is 1350. The quantitative estimate of drug-likeness (QED) is 0.325. The lowest BCUT2D eigenvalue weighted by Crippen LogP contribution is -2.29. The summed E-state index contributed by atoms with van der Waals surface area (Å²) in [6.07, 6.45) is 1.57. The summed E-state index contributed by atoms with van der Waals surface area (Å²) in [5.74, 6) is -0.634. The molecule has 0 fully saturated rings. The minimum Gasteiger partial charge on any atom is -0.452 e. The SMILES string of the molecule is O=C(OCc1ncc(-c2ccccc2)o1)c1ccc2c(c1)C(=O)N(Cc1ccccc1)C2=O. The molecule has 0 atom stereocenters. The van der Waals surface area contributed by atoms with Gasteiger partial charge in [0.05, 0.1) is 29.4 Å². The standard InChI is InChI=1S/C26H18N2O5/c29-24-20-12-11-19(13-21(20)25(30)28(24)15-17-7-3-1-4-8-17)26(31)32-16-23-27-14-22(33-23)18-9-5-2-6-10-18/h1-14H,15-16H2. The second kappa shape index (κ2) is 8.55. The molecule has 162 valence electrons. The summed E-state index contributed by atoms with van der Waals surface area (Å²) in [5.41, 5.74) is 2.34. The Labute approximate surface area is 189 Å². The van der Waals surface area contributed by atoms with Gasteiger partial charge in [-0.15, -0.1) is 0 Å². The number of hydrogen-bond acceptors (Lipinski definition) is 6. The maximum Gasteiger partial charge on any atom is 0.338 e. The third kappa shape index (κ3) is 4.04. The van der Waals surface area contributed by atoms with Crippen LogP contribution in [0.25, 0.3) is 11.3 Å². The van der Waals surface area contributed by atoms with Gasteiger partial charge in [-0.1, -0.05) is 60.7 Å². The van der Waals surface area contributed by atoms with Crippen LogP contribution in [0.1, 0.15) is 42.5 Å². The first-order valence-corrected chi connectivity index (χ1v) is 10.3. The molecule has 33 heavy (non-hydrogen) atoms. The van der Waals surface area contributed by atoms with Gasteiger partial charge in [0, 0.05) is 5.56 Å². The van der Waals surface area contributed by atoms with Crippen molar-refractivity contribution in [3.05, 3.63) is 113 Å². The molecule has 2 heterocycles. The summed E-state index contributed by atoms with van der Waals surface area (Å²) >= 11 is 0. The topological polar surface area (TPSA) is 89.7 Å². The van der Waals surface area contributed by atoms with Gasteiger partial charge in [-0.2, -0.15) is 0 Å². The normalized spacial score (nSPS) is 12.7. The summed E-state index contributed by atoms with van der Waals surface area (Å²) in [4.78, 5) is 43.4. The Morgan fingerprint density at radius 2 is 1.58 bits per heavy atom. The Morgan fingerprint density at radius 1 is 0.879 bits per heavy atom. The van der Waals surface area contributed by atoms with Crippen molar-refractivity contribution < 1.29 is 23.5 Å². The Balaban J connectivity index is 1.27. The Morgan fingerprint density at radius 3 is 2.33 bits per heavy atom. The molecule has 1 aliphatic heterocycles. The zero-order valence-corrected chi connectivity index (χ0v) is 17.4. The number of rotatable bonds is 6. The average Bonchev–Trinajstić information content (AvgIpc) is 3.43. The number of aromatic nitrogens is 1. The summed E-state index contributed by atoms with van der Waals surface area (Å²) < 4.78 is 10.9. The molecule has 5 rings (SSSR count). The first-order chi connectivity index (χ1) is 16.1. The van der Waals surface area contributed by atoms with Gasteiger partial charge in [-0.25, -0.2) is 9.78 Å². The van der Waals surface area contributed by atoms with Gasteiger partial charge in [-0.3, -0.25) is 14.5 Å². The van der Waals surface area contributed by atoms with Crippen molar-refractivity contribution in [1.82, 2.24) is 9.88 Å². The van der Waals surface area contributed by atoms with Gasteiger partial charge in [0.1, 0.15) is 0 Å². The van der Waals surface area contributed by atoms with Crippen LogP contribution in [-0.4, -0.2) is 27.7 Å². The second-order valence-corrected chi connectivity index (χ2v) is 7.50. The van der Waals surface area contributed by atoms with E-state index in [0.29, 0.717) is 5.76 Å². The van der Waals surface area contributed by atoms with Crippen LogP contribution in [0, 0.1) is 0 Å². The molecular weight excluding hydrogens is 420 g/mol. The molecule has 0 saturated carbocycles. The zero-order chi connectivity index (χ0) is 22.8. The van der Waals surface area contributed by atoms with Crippen LogP contribution in [0.5, 0.6) is 0 Å². The van der Waals surface area contributed by atoms with E-state index in [2.05, 4.69) is 4.98 Å². The zero-order valence-electron chi connectivity index (χ0n) is 17.4. The highest BCUT2D eigenvalue weighted by molar-refractivity contribution is 6.21. The first kappa shape index (κ1) is 20.4. The predicted molar refractivity (Wildman–Crippen MR) is 118 cm³/mol. The van der Waals surface area contributed by atoms with Crippen molar-refractivity contribution in [3.63, 3.8) is 0 Å². The lowest BCUT2D eigenvalue weighted by atomic mass is 10.1. The van der Waals surface area contributed by atoms with Gasteiger partial charge in [0.15, 0.2) is 12.4 Å². The van der Waals surface area contributed by atoms with E-state index in [1.54, 1.807) is 6.20 Å². The van der Waals surface area contributed by atoms with E-state index >= 15 is 0 Å². The number of carbonyl (C=O) groups excluding carboxylic acids is 3. The van der Waals surface area contributed by atoms with Crippen LogP contribution in [-0.2, 0) is 17.9 Å². The van der Waals surface area contributed by atoms with Gasteiger partial charge < -0.3 is 9.15 Å². The lowest BCUT2D eigenvalue weighted by molar-refractivity contribution is 0.0438. The van der Waals surface area contributed by atoms with Gasteiger partial charge in [0.25, 0.3) is 11.8 Å². The van der Waals surface area contributed by atoms with Crippen LogP contribution in [0.3, 0.4) is 0 Å². The van der Waals surface area contributed by atoms with Crippen molar-refractivity contribution in [3.8, 4) is 11.3 Å². The summed E-state index contributed by atoms with van der Waals surface area (Å²) in [5, 5.41) is 0. The average molecular weight is 438 g/mol. The lowest BCUT2D eigenvalue weighted by Gasteiger charge is -2.13. The monoisotopic (exact) mass is 438 g/mol. The Kier molecular flexibility index (Phi) is 5.28. The van der Waals surface area contributed by atoms with Gasteiger partial charge in [-0.05, 0) is 23.8 Å². The number of nitrogens with zero attached hydrogens (tertiary/aromatic N) is 2. The summed E-state index contributed by atoms with van der Waals surface area (Å²) in [6, 6.07) is 23.1. The highest BCUT2D eigenvalue weighted by Crippen LogP contribution is 2.26. The molecule has 0 aliphatic carbocycles. The molecule has 0 bridgehead atoms. The third-order valence-corrected chi connectivity index (χ3v) is 5.33. The highest BCUT2D eigenvalue weighted by Gasteiger charge is 2.36. The van der Waals surface area contributed by atoms with Crippen molar-refractivity contribution in [2.24, 2.45) is 0 Å². The fourth-order valence-corrected chi connectivity index (χ4v) is 3.65. The van der Waals surface area contributed by atoms with Crippen molar-refractivity contribution in [1.29, 1.82) is 0 Å². The number of imide groups is 1. The minimum absolute atomic E-state index is 0.157. The van der Waals surface area contributed by atoms with E-state index < -0.39 is 11.9 Å². The van der Waals surface area contributed by atoms with Crippen molar-refractivity contribution in [2.45, 2.75) is 13.2 Å². The minimum atomic E-state index is -0.640. The number of esters is 1. The van der Waals surface area contributed by atoms with E-state index in [-0.39, 0.29) is 41.6 Å². The molecule has 0 unspecified atom stereocenters. The number of benzene rings is 3. The highest BCUT2D eigenvalue weighted by atomic mass is 16.5. The fourth-order valence-electron chi connectivity index (χ4n) is 3.65. The molecule has 1 aromatic heterocycles. The van der Waals surface area contributed by atoms with Crippen molar-refractivity contribution >= 4 is 17.8 Å². The summed E-state index contributed by atoms with van der Waals surface area (Å²) in [6.45, 7) is 0.0106. The number of fused-ring (bicyclic) bond motifs is 1. The fraction of sp³-hybridized carbons (Fsp3) is 0.0769. The number of carbonyl (C=O) groups is 3. The summed E-state index contributed by atoms with van der Waals surface area (Å²) in [7, 11) is 0. The molecule has 0 radical (unpaired) electrons. The van der Waals surface area contributed by atoms with Crippen LogP contribution < -0.4 is 0 Å². The smallest absolute Gasteiger partial charge is 0.338 e. The largest absolute Gasteiger partial charge is 0.452 e. The Hall–Kier alpha value is -4.52. The van der Waals surface area contributed by atoms with E-state index in [1.807, 2.05) is 60.7 Å². The van der Waals surface area contributed by atoms with E-state index in [1.165, 1.54) is 23.1 Å². The molecule has 3 aromatic carbocycles. The molecule has 0 spiro atoms. The van der Waals surface area contributed by atoms with Gasteiger partial charge >= 0.3 is 5.97 Å². The number of ether oxygens (including phenoxy) is 1. The molecule has 4 aromatic rings. The first-order valence-electron chi connectivity index (χ1n) is 10.3. The van der Waals surface area contributed by atoms with Crippen LogP contribution in [0.15, 0.2) is 89.5 Å². The van der Waals surface area contributed by atoms with E-state index in [4.69, 9.17) is 9.15 Å². The molecule has 2 amide bonds. The van der Waals surface area contributed by atoms with Crippen LogP contribution in [0.4, 0.5) is 0 Å². The molecule has 0 N–H and O–H groups in total. The second-order valence-electron chi connectivity index (χ2n) is 7.50. The van der Waals surface area contributed by atoms with E-state index in [9.17, 15) is 14.4 Å². The molecule has 1 aliphatic rings. The third-order valence-electron chi connectivity index (χ3n) is 5.33. The predicted octanol–water partition coefficient (Wildman–Crippen LogP) is 4.49. The molecular formula is C26H18N2O5. The number of oxazole rings is 1. The maximum atomic E-state index is 12.8. The number of amides is 2.